The largest absolute Gasteiger partial charge is 0.370 e. The van der Waals surface area contributed by atoms with Gasteiger partial charge < -0.3 is 31.9 Å². The zero-order valence-electron chi connectivity index (χ0n) is 36.8. The molecule has 19 nitrogen and oxygen atoms in total. The number of primary amides is 1. The van der Waals surface area contributed by atoms with Crippen molar-refractivity contribution in [2.24, 2.45) is 30.4 Å². The second kappa shape index (κ2) is 19.7. The lowest BCUT2D eigenvalue weighted by Crippen LogP contribution is -2.60. The highest BCUT2D eigenvalue weighted by atomic mass is 32.2. The molecule has 7 N–H and O–H groups in total. The van der Waals surface area contributed by atoms with Crippen LogP contribution in [0.3, 0.4) is 0 Å². The number of carbonyl (C=O) groups excluding carboxylic acids is 7. The molecule has 4 heterocycles. The van der Waals surface area contributed by atoms with Gasteiger partial charge in [-0.3, -0.25) is 48.0 Å². The SMILES string of the molecule is Cn1c(=O)n(C2CCC(=O)NC2=O)c2ccc(CCC3CCC(C(=O)N4CC[C@H]5CC[C@@H](C(=O)N[C@@H](CCC(N)=O)C(=O)NCc6ccc(S(C)(=O)=O)cc6)N5C(=O)C(N)C4)CC3)cc21. The number of hydrogen-bond acceptors (Lipinski definition) is 11. The smallest absolute Gasteiger partial charge is 0.329 e. The van der Waals surface area contributed by atoms with Crippen molar-refractivity contribution in [1.82, 2.24) is 34.9 Å². The number of carbonyl (C=O) groups is 7. The summed E-state index contributed by atoms with van der Waals surface area (Å²) in [6.45, 7) is 0.421. The van der Waals surface area contributed by atoms with Crippen molar-refractivity contribution < 1.29 is 42.0 Å². The number of benzene rings is 2. The fraction of sp³-hybridized carbons (Fsp3) is 0.556. The Morgan fingerprint density at radius 3 is 2.28 bits per heavy atom. The van der Waals surface area contributed by atoms with Crippen LogP contribution in [0.4, 0.5) is 0 Å². The molecule has 7 amide bonds. The van der Waals surface area contributed by atoms with Gasteiger partial charge in [0.25, 0.3) is 0 Å². The van der Waals surface area contributed by atoms with Crippen LogP contribution in [0.5, 0.6) is 0 Å². The van der Waals surface area contributed by atoms with Gasteiger partial charge >= 0.3 is 5.69 Å². The summed E-state index contributed by atoms with van der Waals surface area (Å²) in [5.41, 5.74) is 14.6. The van der Waals surface area contributed by atoms with E-state index in [4.69, 9.17) is 11.5 Å². The minimum Gasteiger partial charge on any atom is -0.370 e. The first-order valence-corrected chi connectivity index (χ1v) is 24.3. The number of imidazole rings is 1. The van der Waals surface area contributed by atoms with Crippen molar-refractivity contribution in [3.63, 3.8) is 0 Å². The highest BCUT2D eigenvalue weighted by Gasteiger charge is 2.45. The summed E-state index contributed by atoms with van der Waals surface area (Å²) in [5.74, 6) is -2.86. The van der Waals surface area contributed by atoms with Gasteiger partial charge in [-0.05, 0) is 112 Å². The number of fused-ring (bicyclic) bond motifs is 2. The third-order valence-electron chi connectivity index (χ3n) is 13.7. The Balaban J connectivity index is 0.903. The molecule has 5 atom stereocenters. The average Bonchev–Trinajstić information content (AvgIpc) is 3.80. The molecule has 3 aliphatic heterocycles. The van der Waals surface area contributed by atoms with E-state index < -0.39 is 63.5 Å². The highest BCUT2D eigenvalue weighted by Crippen LogP contribution is 2.35. The highest BCUT2D eigenvalue weighted by molar-refractivity contribution is 7.90. The number of piperidine rings is 1. The van der Waals surface area contributed by atoms with E-state index in [0.29, 0.717) is 55.6 Å². The van der Waals surface area contributed by atoms with E-state index in [1.807, 2.05) is 18.2 Å². The first-order chi connectivity index (χ1) is 30.9. The molecular formula is C45H59N9O10S. The minimum atomic E-state index is -3.40. The second-order valence-electron chi connectivity index (χ2n) is 18.1. The standard InChI is InChI=1S/C45H59N9O10S/c1-51-37-23-27(9-16-34(37)54(45(51)62)36-18-20-39(56)50-42(36)59)4-3-26-5-10-29(11-6-26)43(60)52-22-21-30-12-17-35(53(30)44(61)32(46)25-52)41(58)49-33(15-19-38(47)55)40(57)48-24-28-7-13-31(14-8-28)65(2,63)64/h7-9,13-14,16,23,26,29-30,32-33,35-36H,3-6,10-12,15,17-22,24-25,46H2,1-2H3,(H2,47,55)(H,48,57)(H,49,58)(H,50,56,59)/t26?,29?,30-,32?,33+,35+,36?/m1/s1. The van der Waals surface area contributed by atoms with Gasteiger partial charge in [-0.1, -0.05) is 18.2 Å². The Bertz CT molecular complexity index is 2530. The summed E-state index contributed by atoms with van der Waals surface area (Å²) >= 11 is 0. The van der Waals surface area contributed by atoms with E-state index in [1.54, 1.807) is 24.1 Å². The monoisotopic (exact) mass is 917 g/mol. The van der Waals surface area contributed by atoms with Gasteiger partial charge in [-0.15, -0.1) is 0 Å². The number of sulfone groups is 1. The third-order valence-corrected chi connectivity index (χ3v) is 14.8. The second-order valence-corrected chi connectivity index (χ2v) is 20.1. The number of amides is 7. The molecule has 4 aliphatic rings. The maximum absolute atomic E-state index is 14.0. The Hall–Kier alpha value is -5.89. The van der Waals surface area contributed by atoms with Gasteiger partial charge in [0.05, 0.1) is 15.9 Å². The number of nitrogens with two attached hydrogens (primary N) is 2. The third kappa shape index (κ3) is 10.6. The van der Waals surface area contributed by atoms with Crippen molar-refractivity contribution >= 4 is 62.2 Å². The summed E-state index contributed by atoms with van der Waals surface area (Å²) in [6.07, 6.45) is 7.41. The van der Waals surface area contributed by atoms with Crippen LogP contribution >= 0.6 is 0 Å². The van der Waals surface area contributed by atoms with Crippen molar-refractivity contribution in [1.29, 1.82) is 0 Å². The molecule has 0 radical (unpaired) electrons. The molecule has 0 bridgehead atoms. The summed E-state index contributed by atoms with van der Waals surface area (Å²) in [7, 11) is -1.72. The predicted molar refractivity (Wildman–Crippen MR) is 237 cm³/mol. The molecule has 3 aromatic rings. The maximum atomic E-state index is 14.0. The Kier molecular flexibility index (Phi) is 14.3. The summed E-state index contributed by atoms with van der Waals surface area (Å²) in [6, 6.07) is 7.62. The Morgan fingerprint density at radius 1 is 0.892 bits per heavy atom. The minimum absolute atomic E-state index is 0.0141. The van der Waals surface area contributed by atoms with Crippen LogP contribution in [0.25, 0.3) is 11.0 Å². The van der Waals surface area contributed by atoms with E-state index in [1.165, 1.54) is 26.2 Å². The predicted octanol–water partition coefficient (Wildman–Crippen LogP) is 0.446. The van der Waals surface area contributed by atoms with Crippen LogP contribution in [-0.4, -0.2) is 112 Å². The van der Waals surface area contributed by atoms with Gasteiger partial charge in [0.1, 0.15) is 24.2 Å². The number of aromatic nitrogens is 2. The number of rotatable bonds is 14. The number of hydrogen-bond donors (Lipinski definition) is 5. The normalized spacial score (nSPS) is 24.4. The molecule has 0 spiro atoms. The van der Waals surface area contributed by atoms with Crippen LogP contribution in [0.15, 0.2) is 52.2 Å². The van der Waals surface area contributed by atoms with Crippen molar-refractivity contribution in [3.05, 3.63) is 64.1 Å². The summed E-state index contributed by atoms with van der Waals surface area (Å²) in [5, 5.41) is 7.79. The van der Waals surface area contributed by atoms with E-state index in [-0.39, 0.29) is 73.1 Å². The summed E-state index contributed by atoms with van der Waals surface area (Å²) in [4.78, 5) is 108. The quantitative estimate of drug-likeness (QED) is 0.139. The van der Waals surface area contributed by atoms with Gasteiger partial charge in [-0.25, -0.2) is 13.2 Å². The van der Waals surface area contributed by atoms with E-state index in [2.05, 4.69) is 16.0 Å². The van der Waals surface area contributed by atoms with Crippen LogP contribution < -0.4 is 33.1 Å². The first-order valence-electron chi connectivity index (χ1n) is 22.4. The van der Waals surface area contributed by atoms with E-state index >= 15 is 0 Å². The van der Waals surface area contributed by atoms with Gasteiger partial charge in [-0.2, -0.15) is 0 Å². The zero-order chi connectivity index (χ0) is 46.7. The lowest BCUT2D eigenvalue weighted by Gasteiger charge is -2.39. The summed E-state index contributed by atoms with van der Waals surface area (Å²) < 4.78 is 26.7. The molecule has 350 valence electrons. The number of imide groups is 1. The molecular weight excluding hydrogens is 859 g/mol. The van der Waals surface area contributed by atoms with Crippen molar-refractivity contribution in [3.8, 4) is 0 Å². The van der Waals surface area contributed by atoms with E-state index in [0.717, 1.165) is 43.0 Å². The lowest BCUT2D eigenvalue weighted by molar-refractivity contribution is -0.146. The molecule has 1 saturated carbocycles. The van der Waals surface area contributed by atoms with E-state index in [9.17, 15) is 46.8 Å². The Morgan fingerprint density at radius 2 is 1.60 bits per heavy atom. The van der Waals surface area contributed by atoms with Crippen molar-refractivity contribution in [2.75, 3.05) is 19.3 Å². The van der Waals surface area contributed by atoms with Gasteiger partial charge in [0.15, 0.2) is 9.84 Å². The molecule has 1 aliphatic carbocycles. The first kappa shape index (κ1) is 47.1. The number of nitrogens with zero attached hydrogens (tertiary/aromatic N) is 4. The average molecular weight is 918 g/mol. The zero-order valence-corrected chi connectivity index (χ0v) is 37.6. The fourth-order valence-corrected chi connectivity index (χ4v) is 10.6. The Labute approximate surface area is 376 Å². The van der Waals surface area contributed by atoms with Crippen molar-refractivity contribution in [2.45, 2.75) is 125 Å². The molecule has 7 rings (SSSR count). The van der Waals surface area contributed by atoms with Gasteiger partial charge in [0.2, 0.25) is 41.4 Å². The topological polar surface area (TPSA) is 275 Å². The number of nitrogens with one attached hydrogen (secondary N) is 3. The van der Waals surface area contributed by atoms with Crippen LogP contribution in [0, 0.1) is 11.8 Å². The van der Waals surface area contributed by atoms with Gasteiger partial charge in [0, 0.05) is 57.7 Å². The fourth-order valence-electron chi connectivity index (χ4n) is 9.97. The maximum Gasteiger partial charge on any atom is 0.329 e. The molecule has 1 aromatic heterocycles. The molecule has 3 saturated heterocycles. The molecule has 2 unspecified atom stereocenters. The molecule has 2 aromatic carbocycles. The lowest BCUT2D eigenvalue weighted by atomic mass is 9.79. The molecule has 65 heavy (non-hydrogen) atoms. The molecule has 4 fully saturated rings. The molecule has 20 heteroatoms. The van der Waals surface area contributed by atoms with Crippen LogP contribution in [-0.2, 0) is 63.4 Å². The van der Waals surface area contributed by atoms with Crippen LogP contribution in [0.2, 0.25) is 0 Å². The number of aryl methyl sites for hydroxylation is 2. The van der Waals surface area contributed by atoms with Crippen LogP contribution in [0.1, 0.15) is 94.2 Å².